The summed E-state index contributed by atoms with van der Waals surface area (Å²) >= 11 is 0. The van der Waals surface area contributed by atoms with Gasteiger partial charge in [0, 0.05) is 24.2 Å². The first-order chi connectivity index (χ1) is 12.2. The largest absolute Gasteiger partial charge is 0.352 e. The second-order valence-corrected chi connectivity index (χ2v) is 7.00. The van der Waals surface area contributed by atoms with Gasteiger partial charge in [-0.15, -0.1) is 0 Å². The van der Waals surface area contributed by atoms with Crippen LogP contribution in [0.4, 0.5) is 5.69 Å². The Morgan fingerprint density at radius 2 is 1.76 bits per heavy atom. The van der Waals surface area contributed by atoms with E-state index in [0.717, 1.165) is 37.1 Å². The van der Waals surface area contributed by atoms with E-state index in [9.17, 15) is 9.59 Å². The van der Waals surface area contributed by atoms with Crippen LogP contribution in [-0.2, 0) is 11.2 Å². The molecule has 0 bridgehead atoms. The molecule has 2 rings (SSSR count). The van der Waals surface area contributed by atoms with Crippen LogP contribution < -0.4 is 10.6 Å². The molecule has 2 N–H and O–H groups in total. The van der Waals surface area contributed by atoms with Crippen LogP contribution in [0.5, 0.6) is 0 Å². The Balaban J connectivity index is 1.67. The Morgan fingerprint density at radius 3 is 2.52 bits per heavy atom. The highest BCUT2D eigenvalue weighted by Gasteiger charge is 2.14. The molecule has 4 nitrogen and oxygen atoms in total. The van der Waals surface area contributed by atoms with E-state index in [0.29, 0.717) is 12.0 Å². The molecular formula is C21H32N2O2. The molecule has 0 saturated heterocycles. The molecule has 0 unspecified atom stereocenters. The topological polar surface area (TPSA) is 58.2 Å². The van der Waals surface area contributed by atoms with E-state index in [1.54, 1.807) is 6.07 Å². The maximum absolute atomic E-state index is 12.3. The first-order valence-corrected chi connectivity index (χ1v) is 9.91. The van der Waals surface area contributed by atoms with E-state index in [1.807, 2.05) is 12.1 Å². The van der Waals surface area contributed by atoms with Crippen molar-refractivity contribution in [3.05, 3.63) is 29.3 Å². The van der Waals surface area contributed by atoms with Crippen molar-refractivity contribution < 1.29 is 9.59 Å². The second kappa shape index (κ2) is 10.9. The zero-order valence-electron chi connectivity index (χ0n) is 15.5. The highest BCUT2D eigenvalue weighted by atomic mass is 16.2. The number of rotatable bonds is 10. The molecule has 0 radical (unpaired) electrons. The van der Waals surface area contributed by atoms with E-state index in [1.165, 1.54) is 44.9 Å². The lowest BCUT2D eigenvalue weighted by Crippen LogP contribution is -2.24. The standard InChI is InChI=1S/C21H32N2O2/c1-2-3-4-5-6-7-8-9-15-22-21(25)18-13-14-19-17(16-18)11-10-12-20(24)23-19/h13-14,16H,2-12,15H2,1H3,(H,22,25)(H,23,24). The molecule has 4 heteroatoms. The summed E-state index contributed by atoms with van der Waals surface area (Å²) in [6, 6.07) is 5.57. The van der Waals surface area contributed by atoms with Crippen LogP contribution >= 0.6 is 0 Å². The van der Waals surface area contributed by atoms with Crippen LogP contribution in [-0.4, -0.2) is 18.4 Å². The summed E-state index contributed by atoms with van der Waals surface area (Å²) in [5.74, 6) is 0.0481. The fourth-order valence-corrected chi connectivity index (χ4v) is 3.28. The zero-order chi connectivity index (χ0) is 17.9. The third-order valence-corrected chi connectivity index (χ3v) is 4.81. The molecule has 0 aliphatic carbocycles. The summed E-state index contributed by atoms with van der Waals surface area (Å²) in [6.45, 7) is 2.98. The van der Waals surface area contributed by atoms with E-state index < -0.39 is 0 Å². The maximum atomic E-state index is 12.3. The molecular weight excluding hydrogens is 312 g/mol. The number of anilines is 1. The average molecular weight is 344 g/mol. The van der Waals surface area contributed by atoms with Gasteiger partial charge in [0.1, 0.15) is 0 Å². The summed E-state index contributed by atoms with van der Waals surface area (Å²) < 4.78 is 0. The molecule has 1 aromatic rings. The van der Waals surface area contributed by atoms with Crippen molar-refractivity contribution in [1.82, 2.24) is 5.32 Å². The number of nitrogens with one attached hydrogen (secondary N) is 2. The molecule has 138 valence electrons. The minimum absolute atomic E-state index is 0.0127. The smallest absolute Gasteiger partial charge is 0.251 e. The predicted molar refractivity (Wildman–Crippen MR) is 103 cm³/mol. The van der Waals surface area contributed by atoms with Crippen LogP contribution in [0, 0.1) is 0 Å². The summed E-state index contributed by atoms with van der Waals surface area (Å²) in [4.78, 5) is 23.9. The molecule has 25 heavy (non-hydrogen) atoms. The summed E-state index contributed by atoms with van der Waals surface area (Å²) in [5.41, 5.74) is 2.60. The van der Waals surface area contributed by atoms with Gasteiger partial charge in [0.05, 0.1) is 0 Å². The quantitative estimate of drug-likeness (QED) is 0.597. The average Bonchev–Trinajstić information content (AvgIpc) is 2.80. The lowest BCUT2D eigenvalue weighted by molar-refractivity contribution is -0.116. The van der Waals surface area contributed by atoms with Crippen LogP contribution in [0.25, 0.3) is 0 Å². The fourth-order valence-electron chi connectivity index (χ4n) is 3.28. The highest BCUT2D eigenvalue weighted by Crippen LogP contribution is 2.23. The molecule has 0 aromatic heterocycles. The summed E-state index contributed by atoms with van der Waals surface area (Å²) in [7, 11) is 0. The lowest BCUT2D eigenvalue weighted by atomic mass is 10.0. The number of amides is 2. The van der Waals surface area contributed by atoms with Gasteiger partial charge >= 0.3 is 0 Å². The number of aryl methyl sites for hydroxylation is 1. The van der Waals surface area contributed by atoms with Gasteiger partial charge in [-0.2, -0.15) is 0 Å². The van der Waals surface area contributed by atoms with Gasteiger partial charge in [-0.25, -0.2) is 0 Å². The first kappa shape index (κ1) is 19.5. The molecule has 0 atom stereocenters. The van der Waals surface area contributed by atoms with Crippen molar-refractivity contribution >= 4 is 17.5 Å². The van der Waals surface area contributed by atoms with Gasteiger partial charge < -0.3 is 10.6 Å². The number of hydrogen-bond acceptors (Lipinski definition) is 2. The molecule has 0 spiro atoms. The third kappa shape index (κ3) is 6.89. The minimum Gasteiger partial charge on any atom is -0.352 e. The van der Waals surface area contributed by atoms with Gasteiger partial charge in [-0.3, -0.25) is 9.59 Å². The molecule has 0 fully saturated rings. The SMILES string of the molecule is CCCCCCCCCCNC(=O)c1ccc2c(c1)CCCC(=O)N2. The van der Waals surface area contributed by atoms with Gasteiger partial charge in [-0.1, -0.05) is 51.9 Å². The Bertz CT molecular complexity index is 569. The summed E-state index contributed by atoms with van der Waals surface area (Å²) in [6.07, 6.45) is 12.4. The molecule has 2 amide bonds. The van der Waals surface area contributed by atoms with Crippen LogP contribution in [0.1, 0.15) is 87.1 Å². The van der Waals surface area contributed by atoms with Gasteiger partial charge in [0.2, 0.25) is 5.91 Å². The van der Waals surface area contributed by atoms with Crippen LogP contribution in [0.3, 0.4) is 0 Å². The van der Waals surface area contributed by atoms with Crippen LogP contribution in [0.15, 0.2) is 18.2 Å². The van der Waals surface area contributed by atoms with E-state index >= 15 is 0 Å². The van der Waals surface area contributed by atoms with Gasteiger partial charge in [0.25, 0.3) is 5.91 Å². The number of fused-ring (bicyclic) bond motifs is 1. The van der Waals surface area contributed by atoms with Crippen molar-refractivity contribution in [2.45, 2.75) is 77.6 Å². The van der Waals surface area contributed by atoms with Crippen molar-refractivity contribution in [3.63, 3.8) is 0 Å². The maximum Gasteiger partial charge on any atom is 0.251 e. The van der Waals surface area contributed by atoms with Crippen molar-refractivity contribution in [2.75, 3.05) is 11.9 Å². The van der Waals surface area contributed by atoms with E-state index in [2.05, 4.69) is 17.6 Å². The van der Waals surface area contributed by atoms with Crippen molar-refractivity contribution in [1.29, 1.82) is 0 Å². The Labute approximate surface area is 151 Å². The van der Waals surface area contributed by atoms with Gasteiger partial charge in [-0.05, 0) is 43.0 Å². The van der Waals surface area contributed by atoms with Crippen molar-refractivity contribution in [2.24, 2.45) is 0 Å². The number of carbonyl (C=O) groups is 2. The van der Waals surface area contributed by atoms with Crippen LogP contribution in [0.2, 0.25) is 0 Å². The second-order valence-electron chi connectivity index (χ2n) is 7.00. The highest BCUT2D eigenvalue weighted by molar-refractivity contribution is 5.97. The molecule has 1 aliphatic heterocycles. The zero-order valence-corrected chi connectivity index (χ0v) is 15.5. The Morgan fingerprint density at radius 1 is 1.04 bits per heavy atom. The monoisotopic (exact) mass is 344 g/mol. The number of unbranched alkanes of at least 4 members (excludes halogenated alkanes) is 7. The lowest BCUT2D eigenvalue weighted by Gasteiger charge is -2.10. The van der Waals surface area contributed by atoms with E-state index in [4.69, 9.17) is 0 Å². The molecule has 1 heterocycles. The fraction of sp³-hybridized carbons (Fsp3) is 0.619. The van der Waals surface area contributed by atoms with E-state index in [-0.39, 0.29) is 11.8 Å². The summed E-state index contributed by atoms with van der Waals surface area (Å²) in [5, 5.41) is 5.92. The first-order valence-electron chi connectivity index (χ1n) is 9.91. The van der Waals surface area contributed by atoms with Gasteiger partial charge in [0.15, 0.2) is 0 Å². The minimum atomic E-state index is -0.0127. The number of carbonyl (C=O) groups excluding carboxylic acids is 2. The molecule has 1 aliphatic rings. The Kier molecular flexibility index (Phi) is 8.50. The molecule has 1 aromatic carbocycles. The number of hydrogen-bond donors (Lipinski definition) is 2. The van der Waals surface area contributed by atoms with Crippen molar-refractivity contribution in [3.8, 4) is 0 Å². The predicted octanol–water partition coefficient (Wildman–Crippen LogP) is 4.83. The normalized spacial score (nSPS) is 13.7. The third-order valence-electron chi connectivity index (χ3n) is 4.81. The molecule has 0 saturated carbocycles. The Hall–Kier alpha value is -1.84. The number of benzene rings is 1.